The maximum atomic E-state index is 12.9. The van der Waals surface area contributed by atoms with Gasteiger partial charge in [0.25, 0.3) is 0 Å². The number of rotatable bonds is 2. The predicted octanol–water partition coefficient (Wildman–Crippen LogP) is 3.37. The number of pyridine rings is 1. The number of alkyl halides is 5. The minimum Gasteiger partial charge on any atom is -0.320 e. The Labute approximate surface area is 109 Å². The van der Waals surface area contributed by atoms with Gasteiger partial charge in [-0.3, -0.25) is 9.78 Å². The number of hydrogen-bond acceptors (Lipinski definition) is 2. The molecule has 1 N–H and O–H groups in total. The normalized spacial score (nSPS) is 12.4. The van der Waals surface area contributed by atoms with E-state index in [9.17, 15) is 26.7 Å². The van der Waals surface area contributed by atoms with Crippen LogP contribution in [0.2, 0.25) is 0 Å². The number of aromatic nitrogens is 1. The van der Waals surface area contributed by atoms with Gasteiger partial charge in [0.1, 0.15) is 0 Å². The summed E-state index contributed by atoms with van der Waals surface area (Å²) in [5, 5.41) is 2.40. The van der Waals surface area contributed by atoms with E-state index in [4.69, 9.17) is 0 Å². The zero-order chi connectivity index (χ0) is 15.0. The molecule has 3 nitrogen and oxygen atoms in total. The molecule has 0 fully saturated rings. The average molecular weight is 290 g/mol. The number of nitrogens with zero attached hydrogens (tertiary/aromatic N) is 1. The van der Waals surface area contributed by atoms with E-state index in [1.165, 1.54) is 30.6 Å². The first-order chi connectivity index (χ1) is 9.23. The topological polar surface area (TPSA) is 42.0 Å². The van der Waals surface area contributed by atoms with E-state index in [-0.39, 0.29) is 11.1 Å². The molecule has 1 amide bonds. The molecule has 1 heterocycles. The second kappa shape index (κ2) is 4.69. The van der Waals surface area contributed by atoms with Crippen molar-refractivity contribution in [2.45, 2.75) is 12.1 Å². The van der Waals surface area contributed by atoms with Crippen LogP contribution >= 0.6 is 0 Å². The summed E-state index contributed by atoms with van der Waals surface area (Å²) >= 11 is 0. The molecule has 2 rings (SSSR count). The van der Waals surface area contributed by atoms with E-state index < -0.39 is 18.0 Å². The van der Waals surface area contributed by atoms with Gasteiger partial charge in [0.2, 0.25) is 0 Å². The molecule has 20 heavy (non-hydrogen) atoms. The van der Waals surface area contributed by atoms with Crippen LogP contribution in [0, 0.1) is 0 Å². The molecule has 106 valence electrons. The number of fused-ring (bicyclic) bond motifs is 1. The number of anilines is 1. The molecule has 0 saturated carbocycles. The summed E-state index contributed by atoms with van der Waals surface area (Å²) < 4.78 is 61.9. The SMILES string of the molecule is O=C(Nc1cccc2ccncc12)C(F)(F)C(F)(F)F. The summed E-state index contributed by atoms with van der Waals surface area (Å²) in [4.78, 5) is 14.9. The zero-order valence-electron chi connectivity index (χ0n) is 9.71. The lowest BCUT2D eigenvalue weighted by atomic mass is 10.1. The molecule has 1 aromatic heterocycles. The maximum absolute atomic E-state index is 12.9. The molecule has 0 spiro atoms. The molecule has 0 unspecified atom stereocenters. The number of benzene rings is 1. The van der Waals surface area contributed by atoms with Crippen molar-refractivity contribution >= 4 is 22.4 Å². The Morgan fingerprint density at radius 3 is 2.45 bits per heavy atom. The van der Waals surface area contributed by atoms with Gasteiger partial charge in [-0.05, 0) is 17.5 Å². The molecule has 0 aliphatic rings. The van der Waals surface area contributed by atoms with E-state index in [1.807, 2.05) is 0 Å². The van der Waals surface area contributed by atoms with Gasteiger partial charge in [-0.25, -0.2) is 0 Å². The van der Waals surface area contributed by atoms with Crippen LogP contribution in [0.15, 0.2) is 36.7 Å². The van der Waals surface area contributed by atoms with E-state index in [0.29, 0.717) is 5.39 Å². The Morgan fingerprint density at radius 1 is 1.10 bits per heavy atom. The zero-order valence-corrected chi connectivity index (χ0v) is 9.71. The Morgan fingerprint density at radius 2 is 1.80 bits per heavy atom. The lowest BCUT2D eigenvalue weighted by Crippen LogP contribution is -2.47. The quantitative estimate of drug-likeness (QED) is 0.862. The fourth-order valence-corrected chi connectivity index (χ4v) is 1.55. The largest absolute Gasteiger partial charge is 0.463 e. The van der Waals surface area contributed by atoms with Crippen LogP contribution < -0.4 is 5.32 Å². The summed E-state index contributed by atoms with van der Waals surface area (Å²) in [5.41, 5.74) is -0.162. The molecule has 8 heteroatoms. The molecular weight excluding hydrogens is 283 g/mol. The summed E-state index contributed by atoms with van der Waals surface area (Å²) in [6.45, 7) is 0. The van der Waals surface area contributed by atoms with Gasteiger partial charge in [0.15, 0.2) is 0 Å². The monoisotopic (exact) mass is 290 g/mol. The molecule has 0 aliphatic carbocycles. The van der Waals surface area contributed by atoms with Crippen LogP contribution in [0.1, 0.15) is 0 Å². The standard InChI is InChI=1S/C12H7F5N2O/c13-11(14,12(15,16)17)10(20)19-9-3-1-2-7-4-5-18-6-8(7)9/h1-6H,(H,19,20). The first kappa shape index (κ1) is 14.2. The Bertz CT molecular complexity index is 648. The number of nitrogens with one attached hydrogen (secondary N) is 1. The summed E-state index contributed by atoms with van der Waals surface area (Å²) in [7, 11) is 0. The number of carbonyl (C=O) groups is 1. The van der Waals surface area contributed by atoms with E-state index in [0.717, 1.165) is 0 Å². The maximum Gasteiger partial charge on any atom is 0.463 e. The van der Waals surface area contributed by atoms with Crippen LogP contribution in [0.25, 0.3) is 10.8 Å². The van der Waals surface area contributed by atoms with E-state index in [1.54, 1.807) is 11.4 Å². The second-order valence-corrected chi connectivity index (χ2v) is 3.93. The molecule has 0 bridgehead atoms. The van der Waals surface area contributed by atoms with Crippen LogP contribution in [0.4, 0.5) is 27.6 Å². The molecule has 0 atom stereocenters. The minimum atomic E-state index is -5.94. The van der Waals surface area contributed by atoms with Crippen molar-refractivity contribution in [3.8, 4) is 0 Å². The van der Waals surface area contributed by atoms with Gasteiger partial charge >= 0.3 is 18.0 Å². The Hall–Kier alpha value is -2.25. The van der Waals surface area contributed by atoms with Crippen molar-refractivity contribution in [2.75, 3.05) is 5.32 Å². The third-order valence-corrected chi connectivity index (χ3v) is 2.57. The van der Waals surface area contributed by atoms with Crippen LogP contribution in [0.5, 0.6) is 0 Å². The van der Waals surface area contributed by atoms with Gasteiger partial charge in [0, 0.05) is 17.8 Å². The van der Waals surface area contributed by atoms with Crippen LogP contribution in [0.3, 0.4) is 0 Å². The van der Waals surface area contributed by atoms with Crippen molar-refractivity contribution in [1.82, 2.24) is 4.98 Å². The third kappa shape index (κ3) is 2.40. The van der Waals surface area contributed by atoms with Gasteiger partial charge in [-0.15, -0.1) is 0 Å². The summed E-state index contributed by atoms with van der Waals surface area (Å²) in [5.74, 6) is -7.89. The first-order valence-electron chi connectivity index (χ1n) is 5.32. The third-order valence-electron chi connectivity index (χ3n) is 2.57. The van der Waals surface area contributed by atoms with Crippen molar-refractivity contribution in [1.29, 1.82) is 0 Å². The average Bonchev–Trinajstić information content (AvgIpc) is 2.37. The smallest absolute Gasteiger partial charge is 0.320 e. The molecule has 0 saturated heterocycles. The van der Waals surface area contributed by atoms with Gasteiger partial charge in [0.05, 0.1) is 5.69 Å². The predicted molar refractivity (Wildman–Crippen MR) is 61.4 cm³/mol. The van der Waals surface area contributed by atoms with Crippen LogP contribution in [-0.2, 0) is 4.79 Å². The minimum absolute atomic E-state index is 0.162. The first-order valence-corrected chi connectivity index (χ1v) is 5.32. The lowest BCUT2D eigenvalue weighted by Gasteiger charge is -2.19. The molecule has 2 aromatic rings. The van der Waals surface area contributed by atoms with Crippen LogP contribution in [-0.4, -0.2) is 23.0 Å². The fraction of sp³-hybridized carbons (Fsp3) is 0.167. The lowest BCUT2D eigenvalue weighted by molar-refractivity contribution is -0.267. The van der Waals surface area contributed by atoms with Crippen molar-refractivity contribution in [3.05, 3.63) is 36.7 Å². The number of carbonyl (C=O) groups excluding carboxylic acids is 1. The fourth-order valence-electron chi connectivity index (χ4n) is 1.55. The molecule has 0 radical (unpaired) electrons. The van der Waals surface area contributed by atoms with Gasteiger partial charge < -0.3 is 5.32 Å². The molecule has 0 aliphatic heterocycles. The van der Waals surface area contributed by atoms with Crippen molar-refractivity contribution < 1.29 is 26.7 Å². The highest BCUT2D eigenvalue weighted by molar-refractivity contribution is 6.04. The number of amides is 1. The molecular formula is C12H7F5N2O. The molecule has 1 aromatic carbocycles. The summed E-state index contributed by atoms with van der Waals surface area (Å²) in [6.07, 6.45) is -3.26. The second-order valence-electron chi connectivity index (χ2n) is 3.93. The van der Waals surface area contributed by atoms with Crippen molar-refractivity contribution in [3.63, 3.8) is 0 Å². The highest BCUT2D eigenvalue weighted by Gasteiger charge is 2.63. The number of halogens is 5. The summed E-state index contributed by atoms with van der Waals surface area (Å²) in [6, 6.07) is 5.78. The van der Waals surface area contributed by atoms with Gasteiger partial charge in [-0.2, -0.15) is 22.0 Å². The van der Waals surface area contributed by atoms with Gasteiger partial charge in [-0.1, -0.05) is 12.1 Å². The van der Waals surface area contributed by atoms with Crippen molar-refractivity contribution in [2.24, 2.45) is 0 Å². The number of hydrogen-bond donors (Lipinski definition) is 1. The van der Waals surface area contributed by atoms with E-state index >= 15 is 0 Å². The Kier molecular flexibility index (Phi) is 3.33. The Balaban J connectivity index is 2.36. The highest BCUT2D eigenvalue weighted by atomic mass is 19.4. The van der Waals surface area contributed by atoms with E-state index in [2.05, 4.69) is 4.98 Å². The highest BCUT2D eigenvalue weighted by Crippen LogP contribution is 2.36.